The van der Waals surface area contributed by atoms with Gasteiger partial charge in [0.05, 0.1) is 0 Å². The highest BCUT2D eigenvalue weighted by atomic mass is 31.1. The minimum atomic E-state index is -3.08. The predicted molar refractivity (Wildman–Crippen MR) is 73.7 cm³/mol. The van der Waals surface area contributed by atoms with Crippen molar-refractivity contribution >= 4 is 14.2 Å². The van der Waals surface area contributed by atoms with Crippen molar-refractivity contribution in [2.45, 2.75) is 46.1 Å². The van der Waals surface area contributed by atoms with Crippen LogP contribution in [0.5, 0.6) is 5.75 Å². The number of rotatable bonds is 4. The van der Waals surface area contributed by atoms with Gasteiger partial charge < -0.3 is 9.63 Å². The molecule has 1 aromatic carbocycles. The van der Waals surface area contributed by atoms with Crippen molar-refractivity contribution in [3.63, 3.8) is 0 Å². The Hall–Kier alpha value is -1.29. The van der Waals surface area contributed by atoms with Crippen molar-refractivity contribution in [3.05, 3.63) is 29.3 Å². The number of benzene rings is 1. The second-order valence-corrected chi connectivity index (χ2v) is 6.30. The number of hydrogen-bond donors (Lipinski definition) is 0. The first kappa shape index (κ1) is 16.8. The van der Waals surface area contributed by atoms with E-state index in [0.29, 0.717) is 5.75 Å². The molecule has 1 aromatic rings. The molecule has 6 heteroatoms. The first-order valence-electron chi connectivity index (χ1n) is 6.25. The molecule has 0 amide bonds. The highest BCUT2D eigenvalue weighted by molar-refractivity contribution is 7.30. The van der Waals surface area contributed by atoms with Gasteiger partial charge in [-0.3, -0.25) is 0 Å². The maximum atomic E-state index is 11.8. The maximum absolute atomic E-state index is 11.8. The summed E-state index contributed by atoms with van der Waals surface area (Å²) in [5, 5.41) is 0. The van der Waals surface area contributed by atoms with E-state index in [-0.39, 0.29) is 5.41 Å². The Morgan fingerprint density at radius 1 is 1.35 bits per heavy atom. The molecular weight excluding hydrogens is 279 g/mol. The van der Waals surface area contributed by atoms with E-state index in [4.69, 9.17) is 4.74 Å². The molecule has 0 fully saturated rings. The lowest BCUT2D eigenvalue weighted by molar-refractivity contribution is -0.191. The van der Waals surface area contributed by atoms with Crippen molar-refractivity contribution in [2.24, 2.45) is 0 Å². The Morgan fingerprint density at radius 2 is 1.95 bits per heavy atom. The lowest BCUT2D eigenvalue weighted by Gasteiger charge is -2.23. The van der Waals surface area contributed by atoms with Gasteiger partial charge in [-0.25, -0.2) is 4.79 Å². The SMILES string of the molecule is Cc1ccc(OC(=O)C(C)O[P+](=O)[O-])c(C(C)(C)C)c1. The van der Waals surface area contributed by atoms with E-state index < -0.39 is 20.3 Å². The fraction of sp³-hybridized carbons (Fsp3) is 0.500. The summed E-state index contributed by atoms with van der Waals surface area (Å²) in [6.45, 7) is 9.31. The minimum Gasteiger partial charge on any atom is -0.566 e. The monoisotopic (exact) mass is 298 g/mol. The fourth-order valence-corrected chi connectivity index (χ4v) is 2.03. The predicted octanol–water partition coefficient (Wildman–Crippen LogP) is 2.62. The van der Waals surface area contributed by atoms with Gasteiger partial charge in [0, 0.05) is 5.56 Å². The average molecular weight is 298 g/mol. The van der Waals surface area contributed by atoms with Crippen molar-refractivity contribution in [3.8, 4) is 5.75 Å². The van der Waals surface area contributed by atoms with Crippen molar-refractivity contribution in [1.29, 1.82) is 0 Å². The molecule has 0 aliphatic carbocycles. The molecule has 2 atom stereocenters. The van der Waals surface area contributed by atoms with E-state index in [1.54, 1.807) is 6.07 Å². The van der Waals surface area contributed by atoms with Gasteiger partial charge in [0.2, 0.25) is 6.10 Å². The lowest BCUT2D eigenvalue weighted by Crippen LogP contribution is -2.26. The Kier molecular flexibility index (Phi) is 5.40. The van der Waals surface area contributed by atoms with E-state index >= 15 is 0 Å². The van der Waals surface area contributed by atoms with Gasteiger partial charge in [-0.15, -0.1) is 4.52 Å². The molecule has 0 spiro atoms. The Labute approximate surface area is 119 Å². The third-order valence-corrected chi connectivity index (χ3v) is 3.22. The first-order valence-corrected chi connectivity index (χ1v) is 7.35. The molecule has 2 unspecified atom stereocenters. The number of ether oxygens (including phenoxy) is 1. The first-order chi connectivity index (χ1) is 9.11. The summed E-state index contributed by atoms with van der Waals surface area (Å²) in [7, 11) is -3.08. The van der Waals surface area contributed by atoms with E-state index in [1.807, 2.05) is 39.8 Å². The van der Waals surface area contributed by atoms with Crippen molar-refractivity contribution < 1.29 is 23.5 Å². The Balaban J connectivity index is 2.98. The molecule has 0 radical (unpaired) electrons. The maximum Gasteiger partial charge on any atom is 0.489 e. The number of esters is 1. The minimum absolute atomic E-state index is 0.199. The zero-order valence-electron chi connectivity index (χ0n) is 12.3. The van der Waals surface area contributed by atoms with Gasteiger partial charge in [-0.05, 0) is 29.9 Å². The van der Waals surface area contributed by atoms with Gasteiger partial charge >= 0.3 is 14.2 Å². The van der Waals surface area contributed by atoms with Crippen LogP contribution in [0.3, 0.4) is 0 Å². The topological polar surface area (TPSA) is 75.7 Å². The zero-order valence-corrected chi connectivity index (χ0v) is 13.2. The number of carbonyl (C=O) groups is 1. The van der Waals surface area contributed by atoms with E-state index in [1.165, 1.54) is 6.92 Å². The van der Waals surface area contributed by atoms with Gasteiger partial charge in [0.15, 0.2) is 0 Å². The molecule has 0 saturated heterocycles. The van der Waals surface area contributed by atoms with Crippen LogP contribution >= 0.6 is 8.25 Å². The Bertz CT molecular complexity index is 519. The zero-order chi connectivity index (χ0) is 15.5. The summed E-state index contributed by atoms with van der Waals surface area (Å²) >= 11 is 0. The van der Waals surface area contributed by atoms with Gasteiger partial charge in [0.25, 0.3) is 0 Å². The van der Waals surface area contributed by atoms with E-state index in [9.17, 15) is 14.3 Å². The van der Waals surface area contributed by atoms with Crippen molar-refractivity contribution in [1.82, 2.24) is 0 Å². The molecular formula is C14H19O5P. The van der Waals surface area contributed by atoms with Gasteiger partial charge in [-0.2, -0.15) is 0 Å². The second-order valence-electron chi connectivity index (χ2n) is 5.64. The van der Waals surface area contributed by atoms with Crippen LogP contribution in [0.15, 0.2) is 18.2 Å². The second kappa shape index (κ2) is 6.44. The van der Waals surface area contributed by atoms with Crippen LogP contribution in [-0.4, -0.2) is 12.1 Å². The van der Waals surface area contributed by atoms with Crippen molar-refractivity contribution in [2.75, 3.05) is 0 Å². The third kappa shape index (κ3) is 4.67. The number of aryl methyl sites for hydroxylation is 1. The van der Waals surface area contributed by atoms with Crippen LogP contribution in [0.25, 0.3) is 0 Å². The molecule has 0 aliphatic rings. The van der Waals surface area contributed by atoms with Gasteiger partial charge in [-0.1, -0.05) is 38.5 Å². The molecule has 0 bridgehead atoms. The molecule has 0 N–H and O–H groups in total. The van der Waals surface area contributed by atoms with Crippen LogP contribution < -0.4 is 9.63 Å². The standard InChI is InChI=1S/C14H19O5P/c1-9-6-7-12(11(8-9)14(3,4)5)18-13(15)10(2)19-20(16)17/h6-8,10H,1-5H3. The molecule has 0 heterocycles. The van der Waals surface area contributed by atoms with Crippen LogP contribution in [-0.2, 0) is 19.3 Å². The molecule has 1 rings (SSSR count). The fourth-order valence-electron chi connectivity index (χ4n) is 1.68. The summed E-state index contributed by atoms with van der Waals surface area (Å²) in [6, 6.07) is 5.48. The third-order valence-electron chi connectivity index (χ3n) is 2.73. The quantitative estimate of drug-likeness (QED) is 0.485. The lowest BCUT2D eigenvalue weighted by atomic mass is 9.85. The average Bonchev–Trinajstić information content (AvgIpc) is 2.29. The largest absolute Gasteiger partial charge is 0.566 e. The highest BCUT2D eigenvalue weighted by Crippen LogP contribution is 2.32. The summed E-state index contributed by atoms with van der Waals surface area (Å²) in [5.74, 6) is -0.316. The van der Waals surface area contributed by atoms with E-state index in [2.05, 4.69) is 4.52 Å². The molecule has 0 saturated carbocycles. The Morgan fingerprint density at radius 3 is 2.45 bits per heavy atom. The summed E-state index contributed by atoms with van der Waals surface area (Å²) in [5.41, 5.74) is 1.74. The number of carbonyl (C=O) groups excluding carboxylic acids is 1. The molecule has 110 valence electrons. The summed E-state index contributed by atoms with van der Waals surface area (Å²) in [4.78, 5) is 22.2. The molecule has 20 heavy (non-hydrogen) atoms. The van der Waals surface area contributed by atoms with Crippen LogP contribution in [0, 0.1) is 6.92 Å². The smallest absolute Gasteiger partial charge is 0.489 e. The summed E-state index contributed by atoms with van der Waals surface area (Å²) < 4.78 is 20.1. The van der Waals surface area contributed by atoms with Gasteiger partial charge in [0.1, 0.15) is 5.75 Å². The van der Waals surface area contributed by atoms with Crippen LogP contribution in [0.1, 0.15) is 38.8 Å². The molecule has 5 nitrogen and oxygen atoms in total. The van der Waals surface area contributed by atoms with Crippen LogP contribution in [0.2, 0.25) is 0 Å². The molecule has 0 aromatic heterocycles. The normalized spacial score (nSPS) is 13.8. The van der Waals surface area contributed by atoms with Crippen LogP contribution in [0.4, 0.5) is 0 Å². The van der Waals surface area contributed by atoms with E-state index in [0.717, 1.165) is 11.1 Å². The number of hydrogen-bond acceptors (Lipinski definition) is 5. The highest BCUT2D eigenvalue weighted by Gasteiger charge is 2.26. The summed E-state index contributed by atoms with van der Waals surface area (Å²) in [6.07, 6.45) is -1.16. The molecule has 0 aliphatic heterocycles.